The second kappa shape index (κ2) is 6.44. The van der Waals surface area contributed by atoms with E-state index in [1.807, 2.05) is 21.0 Å². The molecule has 0 radical (unpaired) electrons. The third-order valence-corrected chi connectivity index (χ3v) is 4.04. The molecule has 1 N–H and O–H groups in total. The van der Waals surface area contributed by atoms with Crippen molar-refractivity contribution in [2.24, 2.45) is 0 Å². The first-order chi connectivity index (χ1) is 8.86. The molecule has 0 aliphatic rings. The van der Waals surface area contributed by atoms with Crippen LogP contribution < -0.4 is 5.32 Å². The van der Waals surface area contributed by atoms with Gasteiger partial charge in [0, 0.05) is 5.54 Å². The summed E-state index contributed by atoms with van der Waals surface area (Å²) in [6.07, 6.45) is 0.899. The molecule has 0 amide bonds. The van der Waals surface area contributed by atoms with Gasteiger partial charge in [-0.15, -0.1) is 0 Å². The van der Waals surface area contributed by atoms with Crippen molar-refractivity contribution in [2.75, 3.05) is 20.6 Å². The monoisotopic (exact) mass is 270 g/mol. The van der Waals surface area contributed by atoms with Crippen LogP contribution in [0.1, 0.15) is 38.8 Å². The van der Waals surface area contributed by atoms with Crippen LogP contribution in [0.4, 0.5) is 8.78 Å². The quantitative estimate of drug-likeness (QED) is 0.853. The molecule has 2 unspecified atom stereocenters. The predicted octanol–water partition coefficient (Wildman–Crippen LogP) is 3.35. The van der Waals surface area contributed by atoms with E-state index >= 15 is 0 Å². The highest BCUT2D eigenvalue weighted by molar-refractivity contribution is 5.25. The molecule has 0 bridgehead atoms. The maximum absolute atomic E-state index is 13.5. The molecule has 0 aromatic heterocycles. The predicted molar refractivity (Wildman–Crippen MR) is 75.2 cm³/mol. The summed E-state index contributed by atoms with van der Waals surface area (Å²) in [6.45, 7) is 7.01. The Bertz CT molecular complexity index is 421. The summed E-state index contributed by atoms with van der Waals surface area (Å²) in [4.78, 5) is 2.13. The highest BCUT2D eigenvalue weighted by Gasteiger charge is 2.35. The van der Waals surface area contributed by atoms with Gasteiger partial charge in [0.1, 0.15) is 0 Å². The standard InChI is InChI=1S/C15H24F2N2/c1-6-15(3,19(4)5)14(18-7-2)11-8-9-12(16)13(17)10-11/h8-10,14,18H,6-7H2,1-5H3. The van der Waals surface area contributed by atoms with Crippen molar-refractivity contribution in [3.8, 4) is 0 Å². The summed E-state index contributed by atoms with van der Waals surface area (Å²) >= 11 is 0. The molecule has 2 nitrogen and oxygen atoms in total. The molecule has 108 valence electrons. The number of benzene rings is 1. The van der Waals surface area contributed by atoms with Gasteiger partial charge in [-0.1, -0.05) is 19.9 Å². The zero-order chi connectivity index (χ0) is 14.6. The third kappa shape index (κ3) is 3.31. The van der Waals surface area contributed by atoms with Crippen molar-refractivity contribution in [1.29, 1.82) is 0 Å². The Hall–Kier alpha value is -1.00. The second-order valence-corrected chi connectivity index (χ2v) is 5.27. The first kappa shape index (κ1) is 16.1. The van der Waals surface area contributed by atoms with Crippen molar-refractivity contribution in [2.45, 2.75) is 38.8 Å². The maximum atomic E-state index is 13.5. The second-order valence-electron chi connectivity index (χ2n) is 5.27. The molecule has 4 heteroatoms. The Labute approximate surface area is 114 Å². The fourth-order valence-corrected chi connectivity index (χ4v) is 2.37. The van der Waals surface area contributed by atoms with Gasteiger partial charge in [0.2, 0.25) is 0 Å². The lowest BCUT2D eigenvalue weighted by Gasteiger charge is -2.43. The smallest absolute Gasteiger partial charge is 0.159 e. The largest absolute Gasteiger partial charge is 0.309 e. The average Bonchev–Trinajstić information content (AvgIpc) is 2.38. The number of nitrogens with zero attached hydrogens (tertiary/aromatic N) is 1. The molecule has 0 aliphatic heterocycles. The average molecular weight is 270 g/mol. The summed E-state index contributed by atoms with van der Waals surface area (Å²) in [6, 6.07) is 4.09. The molecule has 1 aromatic carbocycles. The zero-order valence-corrected chi connectivity index (χ0v) is 12.4. The van der Waals surface area contributed by atoms with Crippen molar-refractivity contribution in [3.05, 3.63) is 35.4 Å². The van der Waals surface area contributed by atoms with Gasteiger partial charge in [-0.05, 0) is 51.7 Å². The minimum atomic E-state index is -0.804. The van der Waals surface area contributed by atoms with Gasteiger partial charge < -0.3 is 10.2 Å². The molecule has 19 heavy (non-hydrogen) atoms. The van der Waals surface area contributed by atoms with Crippen molar-refractivity contribution in [3.63, 3.8) is 0 Å². The maximum Gasteiger partial charge on any atom is 0.159 e. The molecule has 0 saturated heterocycles. The Balaban J connectivity index is 3.22. The van der Waals surface area contributed by atoms with Crippen LogP contribution in [0.15, 0.2) is 18.2 Å². The number of rotatable bonds is 6. The zero-order valence-electron chi connectivity index (χ0n) is 12.4. The van der Waals surface area contributed by atoms with E-state index in [2.05, 4.69) is 24.1 Å². The van der Waals surface area contributed by atoms with Crippen LogP contribution in [0.5, 0.6) is 0 Å². The van der Waals surface area contributed by atoms with Crippen molar-refractivity contribution in [1.82, 2.24) is 10.2 Å². The van der Waals surface area contributed by atoms with Crippen molar-refractivity contribution >= 4 is 0 Å². The normalized spacial score (nSPS) is 16.4. The van der Waals surface area contributed by atoms with Crippen molar-refractivity contribution < 1.29 is 8.78 Å². The summed E-state index contributed by atoms with van der Waals surface area (Å²) in [5.74, 6) is -1.60. The van der Waals surface area contributed by atoms with Gasteiger partial charge in [0.15, 0.2) is 11.6 Å². The molecule has 0 aliphatic carbocycles. The van der Waals surface area contributed by atoms with E-state index in [-0.39, 0.29) is 11.6 Å². The van der Waals surface area contributed by atoms with Gasteiger partial charge in [-0.2, -0.15) is 0 Å². The number of nitrogens with one attached hydrogen (secondary N) is 1. The summed E-state index contributed by atoms with van der Waals surface area (Å²) in [7, 11) is 4.02. The van der Waals surface area contributed by atoms with Crippen LogP contribution >= 0.6 is 0 Å². The summed E-state index contributed by atoms with van der Waals surface area (Å²) in [5.41, 5.74) is 0.610. The molecule has 1 rings (SSSR count). The van der Waals surface area contributed by atoms with E-state index in [0.29, 0.717) is 0 Å². The fraction of sp³-hybridized carbons (Fsp3) is 0.600. The van der Waals surface area contributed by atoms with E-state index in [1.54, 1.807) is 6.07 Å². The van der Waals surface area contributed by atoms with Gasteiger partial charge in [0.25, 0.3) is 0 Å². The molecular formula is C15H24F2N2. The Morgan fingerprint density at radius 1 is 1.21 bits per heavy atom. The lowest BCUT2D eigenvalue weighted by atomic mass is 9.83. The fourth-order valence-electron chi connectivity index (χ4n) is 2.37. The first-order valence-corrected chi connectivity index (χ1v) is 6.72. The van der Waals surface area contributed by atoms with E-state index in [1.165, 1.54) is 12.1 Å². The van der Waals surface area contributed by atoms with Gasteiger partial charge in [-0.3, -0.25) is 0 Å². The molecule has 0 saturated carbocycles. The summed E-state index contributed by atoms with van der Waals surface area (Å²) in [5, 5.41) is 3.39. The minimum absolute atomic E-state index is 0.0485. The van der Waals surface area contributed by atoms with E-state index < -0.39 is 11.6 Å². The van der Waals surface area contributed by atoms with Crippen LogP contribution in [0.3, 0.4) is 0 Å². The Kier molecular flexibility index (Phi) is 5.44. The Morgan fingerprint density at radius 2 is 1.84 bits per heavy atom. The molecule has 0 heterocycles. The number of hydrogen-bond donors (Lipinski definition) is 1. The molecule has 0 spiro atoms. The van der Waals surface area contributed by atoms with Crippen LogP contribution in [0, 0.1) is 11.6 Å². The van der Waals surface area contributed by atoms with Crippen LogP contribution in [-0.2, 0) is 0 Å². The minimum Gasteiger partial charge on any atom is -0.309 e. The van der Waals surface area contributed by atoms with Crippen LogP contribution in [-0.4, -0.2) is 31.1 Å². The molecule has 0 fully saturated rings. The first-order valence-electron chi connectivity index (χ1n) is 6.72. The van der Waals surface area contributed by atoms with Gasteiger partial charge >= 0.3 is 0 Å². The highest BCUT2D eigenvalue weighted by atomic mass is 19.2. The molecule has 1 aromatic rings. The van der Waals surface area contributed by atoms with E-state index in [0.717, 1.165) is 18.5 Å². The van der Waals surface area contributed by atoms with E-state index in [9.17, 15) is 8.78 Å². The molecular weight excluding hydrogens is 246 g/mol. The SMILES string of the molecule is CCNC(c1ccc(F)c(F)c1)C(C)(CC)N(C)C. The lowest BCUT2D eigenvalue weighted by Crippen LogP contribution is -2.51. The van der Waals surface area contributed by atoms with Crippen LogP contribution in [0.2, 0.25) is 0 Å². The van der Waals surface area contributed by atoms with Crippen LogP contribution in [0.25, 0.3) is 0 Å². The number of hydrogen-bond acceptors (Lipinski definition) is 2. The number of halogens is 2. The number of likely N-dealkylation sites (N-methyl/N-ethyl adjacent to an activating group) is 2. The Morgan fingerprint density at radius 3 is 2.26 bits per heavy atom. The van der Waals surface area contributed by atoms with Gasteiger partial charge in [0.05, 0.1) is 6.04 Å². The summed E-state index contributed by atoms with van der Waals surface area (Å²) < 4.78 is 26.5. The molecule has 2 atom stereocenters. The van der Waals surface area contributed by atoms with Gasteiger partial charge in [-0.25, -0.2) is 8.78 Å². The topological polar surface area (TPSA) is 15.3 Å². The van der Waals surface area contributed by atoms with E-state index in [4.69, 9.17) is 0 Å². The lowest BCUT2D eigenvalue weighted by molar-refractivity contribution is 0.113. The third-order valence-electron chi connectivity index (χ3n) is 4.04. The highest BCUT2D eigenvalue weighted by Crippen LogP contribution is 2.33.